The van der Waals surface area contributed by atoms with Gasteiger partial charge in [0, 0.05) is 48.9 Å². The summed E-state index contributed by atoms with van der Waals surface area (Å²) in [6.45, 7) is 3.17. The van der Waals surface area contributed by atoms with Gasteiger partial charge in [-0.1, -0.05) is 19.3 Å². The van der Waals surface area contributed by atoms with Crippen LogP contribution in [0.5, 0.6) is 17.2 Å². The Labute approximate surface area is 224 Å². The summed E-state index contributed by atoms with van der Waals surface area (Å²) in [5, 5.41) is 23.6. The van der Waals surface area contributed by atoms with E-state index in [2.05, 4.69) is 30.3 Å². The van der Waals surface area contributed by atoms with Crippen molar-refractivity contribution in [3.8, 4) is 17.2 Å². The van der Waals surface area contributed by atoms with Crippen LogP contribution in [0.2, 0.25) is 0 Å². The first-order valence-corrected chi connectivity index (χ1v) is 13.7. The number of benzene rings is 2. The van der Waals surface area contributed by atoms with Gasteiger partial charge in [0.15, 0.2) is 17.3 Å². The van der Waals surface area contributed by atoms with Crippen LogP contribution in [0.3, 0.4) is 0 Å². The van der Waals surface area contributed by atoms with Crippen LogP contribution in [-0.4, -0.2) is 68.2 Å². The molecule has 0 spiro atoms. The molecule has 0 unspecified atom stereocenters. The number of ether oxygens (including phenoxy) is 2. The number of aromatic amines is 1. The summed E-state index contributed by atoms with van der Waals surface area (Å²) in [7, 11) is 0. The number of aromatic hydroxyl groups is 1. The van der Waals surface area contributed by atoms with Crippen LogP contribution < -0.4 is 19.9 Å². The van der Waals surface area contributed by atoms with Crippen molar-refractivity contribution in [2.75, 3.05) is 37.9 Å². The molecule has 3 aliphatic rings. The molecule has 2 aliphatic heterocycles. The zero-order chi connectivity index (χ0) is 26.3. The fraction of sp³-hybridized carbons (Fsp3) is 0.429. The zero-order valence-electron chi connectivity index (χ0n) is 21.6. The average molecular weight is 530 g/mol. The summed E-state index contributed by atoms with van der Waals surface area (Å²) in [5.74, 6) is 2.27. The van der Waals surface area contributed by atoms with Crippen LogP contribution in [0, 0.1) is 0 Å². The predicted octanol–water partition coefficient (Wildman–Crippen LogP) is 3.37. The van der Waals surface area contributed by atoms with Crippen molar-refractivity contribution >= 4 is 16.6 Å². The first-order valence-electron chi connectivity index (χ1n) is 13.7. The van der Waals surface area contributed by atoms with Gasteiger partial charge in [0.25, 0.3) is 5.56 Å². The summed E-state index contributed by atoms with van der Waals surface area (Å²) in [6, 6.07) is 12.8. The third-order valence-corrected chi connectivity index (χ3v) is 8.24. The van der Waals surface area contributed by atoms with Crippen molar-refractivity contribution < 1.29 is 14.6 Å². The second kappa shape index (κ2) is 9.88. The maximum Gasteiger partial charge on any atom is 0.253 e. The number of H-pyrrole nitrogens is 1. The highest BCUT2D eigenvalue weighted by molar-refractivity contribution is 5.83. The van der Waals surface area contributed by atoms with Crippen LogP contribution in [0.15, 0.2) is 47.3 Å². The van der Waals surface area contributed by atoms with Gasteiger partial charge in [-0.15, -0.1) is 5.10 Å². The number of nitrogens with one attached hydrogen (secondary N) is 1. The Kier molecular flexibility index (Phi) is 6.07. The molecular formula is C28H31N7O4. The summed E-state index contributed by atoms with van der Waals surface area (Å²) >= 11 is 0. The Morgan fingerprint density at radius 1 is 0.949 bits per heavy atom. The average Bonchev–Trinajstić information content (AvgIpc) is 3.63. The van der Waals surface area contributed by atoms with Gasteiger partial charge in [-0.05, 0) is 59.7 Å². The molecule has 0 bridgehead atoms. The fourth-order valence-electron chi connectivity index (χ4n) is 6.18. The van der Waals surface area contributed by atoms with Gasteiger partial charge in [0.2, 0.25) is 6.79 Å². The summed E-state index contributed by atoms with van der Waals surface area (Å²) in [4.78, 5) is 21.3. The number of rotatable bonds is 5. The first-order chi connectivity index (χ1) is 19.1. The van der Waals surface area contributed by atoms with E-state index in [1.165, 1.54) is 6.42 Å². The van der Waals surface area contributed by atoms with Gasteiger partial charge in [-0.3, -0.25) is 9.69 Å². The summed E-state index contributed by atoms with van der Waals surface area (Å²) in [6.07, 6.45) is 5.62. The SMILES string of the molecule is O=c1[nH]c2cc3c(cc2cc1[C@H](c1nnnn1C1CCCCC1)N1CCN(c2ccc(O)cc2)CC1)OCO3. The minimum atomic E-state index is -0.400. The molecule has 1 saturated heterocycles. The topological polar surface area (TPSA) is 122 Å². The van der Waals surface area contributed by atoms with E-state index in [0.29, 0.717) is 28.4 Å². The van der Waals surface area contributed by atoms with Crippen LogP contribution in [-0.2, 0) is 0 Å². The van der Waals surface area contributed by atoms with Crippen molar-refractivity contribution in [2.45, 2.75) is 44.2 Å². The minimum Gasteiger partial charge on any atom is -0.508 e. The van der Waals surface area contributed by atoms with Crippen LogP contribution in [0.4, 0.5) is 5.69 Å². The van der Waals surface area contributed by atoms with Gasteiger partial charge < -0.3 is 24.5 Å². The lowest BCUT2D eigenvalue weighted by Crippen LogP contribution is -2.49. The number of piperazine rings is 1. The molecule has 2 aromatic carbocycles. The van der Waals surface area contributed by atoms with Gasteiger partial charge >= 0.3 is 0 Å². The normalized spacial score (nSPS) is 19.0. The number of phenols is 1. The molecule has 202 valence electrons. The van der Waals surface area contributed by atoms with Crippen LogP contribution >= 0.6 is 0 Å². The predicted molar refractivity (Wildman–Crippen MR) is 144 cm³/mol. The molecule has 1 aliphatic carbocycles. The number of nitrogens with zero attached hydrogens (tertiary/aromatic N) is 6. The molecule has 11 nitrogen and oxygen atoms in total. The number of hydrogen-bond donors (Lipinski definition) is 2. The second-order valence-electron chi connectivity index (χ2n) is 10.6. The lowest BCUT2D eigenvalue weighted by molar-refractivity contribution is 0.174. The third-order valence-electron chi connectivity index (χ3n) is 8.24. The molecule has 7 rings (SSSR count). The van der Waals surface area contributed by atoms with Crippen LogP contribution in [0.25, 0.3) is 10.9 Å². The summed E-state index contributed by atoms with van der Waals surface area (Å²) < 4.78 is 13.1. The quantitative estimate of drug-likeness (QED) is 0.401. The highest BCUT2D eigenvalue weighted by Crippen LogP contribution is 2.37. The molecule has 1 saturated carbocycles. The van der Waals surface area contributed by atoms with Gasteiger partial charge in [-0.25, -0.2) is 4.68 Å². The van der Waals surface area contributed by atoms with E-state index in [-0.39, 0.29) is 24.1 Å². The highest BCUT2D eigenvalue weighted by atomic mass is 16.7. The van der Waals surface area contributed by atoms with E-state index in [4.69, 9.17) is 9.47 Å². The zero-order valence-corrected chi connectivity index (χ0v) is 21.6. The Morgan fingerprint density at radius 3 is 2.46 bits per heavy atom. The number of hydrogen-bond acceptors (Lipinski definition) is 9. The van der Waals surface area contributed by atoms with E-state index >= 15 is 0 Å². The number of fused-ring (bicyclic) bond motifs is 2. The first kappa shape index (κ1) is 24.0. The van der Waals surface area contributed by atoms with Gasteiger partial charge in [-0.2, -0.15) is 0 Å². The minimum absolute atomic E-state index is 0.162. The van der Waals surface area contributed by atoms with E-state index < -0.39 is 6.04 Å². The summed E-state index contributed by atoms with van der Waals surface area (Å²) in [5.41, 5.74) is 2.23. The maximum absolute atomic E-state index is 13.7. The van der Waals surface area contributed by atoms with Gasteiger partial charge in [0.1, 0.15) is 11.8 Å². The Balaban J connectivity index is 1.27. The number of aromatic nitrogens is 5. The molecule has 4 aromatic rings. The smallest absolute Gasteiger partial charge is 0.253 e. The van der Waals surface area contributed by atoms with Crippen molar-refractivity contribution in [1.29, 1.82) is 0 Å². The van der Waals surface area contributed by atoms with Crippen LogP contribution in [0.1, 0.15) is 55.6 Å². The molecule has 2 aromatic heterocycles. The third kappa shape index (κ3) is 4.46. The molecular weight excluding hydrogens is 498 g/mol. The number of anilines is 1. The molecule has 0 radical (unpaired) electrons. The van der Waals surface area contributed by atoms with Crippen molar-refractivity contribution in [3.05, 3.63) is 64.2 Å². The molecule has 1 atom stereocenters. The Morgan fingerprint density at radius 2 is 1.69 bits per heavy atom. The number of pyridine rings is 1. The molecule has 39 heavy (non-hydrogen) atoms. The van der Waals surface area contributed by atoms with E-state index in [1.54, 1.807) is 12.1 Å². The van der Waals surface area contributed by atoms with Crippen molar-refractivity contribution in [2.24, 2.45) is 0 Å². The fourth-order valence-corrected chi connectivity index (χ4v) is 6.18. The largest absolute Gasteiger partial charge is 0.508 e. The molecule has 0 amide bonds. The second-order valence-corrected chi connectivity index (χ2v) is 10.6. The maximum atomic E-state index is 13.7. The van der Waals surface area contributed by atoms with Crippen molar-refractivity contribution in [3.63, 3.8) is 0 Å². The van der Waals surface area contributed by atoms with Crippen molar-refractivity contribution in [1.82, 2.24) is 30.1 Å². The monoisotopic (exact) mass is 529 g/mol. The lowest BCUT2D eigenvalue weighted by atomic mass is 9.95. The van der Waals surface area contributed by atoms with Gasteiger partial charge in [0.05, 0.1) is 11.6 Å². The van der Waals surface area contributed by atoms with E-state index in [1.807, 2.05) is 35.0 Å². The highest BCUT2D eigenvalue weighted by Gasteiger charge is 2.34. The number of tetrazole rings is 1. The molecule has 4 heterocycles. The van der Waals surface area contributed by atoms with E-state index in [9.17, 15) is 9.90 Å². The molecule has 2 fully saturated rings. The Bertz CT molecular complexity index is 1540. The Hall–Kier alpha value is -4.12. The molecule has 2 N–H and O–H groups in total. The van der Waals surface area contributed by atoms with E-state index in [0.717, 1.165) is 62.9 Å². The molecule has 11 heteroatoms. The number of phenolic OH excluding ortho intramolecular Hbond substituents is 1. The lowest BCUT2D eigenvalue weighted by Gasteiger charge is -2.40. The standard InChI is InChI=1S/C28H31N7O4/c36-21-8-6-19(7-9-21)33-10-12-34(13-11-33)26(27-30-31-32-35(27)20-4-2-1-3-5-20)22-14-18-15-24-25(39-17-38-24)16-23(18)29-28(22)37/h6-9,14-16,20,26,36H,1-5,10-13,17H2,(H,29,37)/t26-/m1/s1.